The molecule has 1 aromatic rings. The predicted octanol–water partition coefficient (Wildman–Crippen LogP) is 0.239. The first-order chi connectivity index (χ1) is 5.34. The molecule has 1 atom stereocenters. The Morgan fingerprint density at radius 2 is 2.00 bits per heavy atom. The number of hydrogen-bond acceptors (Lipinski definition) is 2. The summed E-state index contributed by atoms with van der Waals surface area (Å²) in [5.74, 6) is -1.21. The quantitative estimate of drug-likeness (QED) is 0.561. The smallest absolute Gasteiger partial charge is 0.274 e. The molecule has 0 aliphatic heterocycles. The maximum atomic E-state index is 12.0. The Hall–Kier alpha value is -0.840. The van der Waals surface area contributed by atoms with Gasteiger partial charge in [-0.05, 0) is 9.39 Å². The molecular weight excluding hydrogens is 194 g/mol. The lowest BCUT2D eigenvalue weighted by Gasteiger charge is -2.02. The molecule has 12 heavy (non-hydrogen) atoms. The highest BCUT2D eigenvalue weighted by Gasteiger charge is 2.37. The average molecular weight is 199 g/mol. The van der Waals surface area contributed by atoms with E-state index in [4.69, 9.17) is 0 Å². The van der Waals surface area contributed by atoms with E-state index in [9.17, 15) is 18.0 Å². The van der Waals surface area contributed by atoms with Crippen LogP contribution in [0.3, 0.4) is 0 Å². The van der Waals surface area contributed by atoms with E-state index in [0.29, 0.717) is 9.02 Å². The number of alkyl halides is 3. The summed E-state index contributed by atoms with van der Waals surface area (Å²) < 4.78 is 37.0. The topological polar surface area (TPSA) is 39.8 Å². The van der Waals surface area contributed by atoms with E-state index in [1.54, 1.807) is 9.39 Å². The van der Waals surface area contributed by atoms with Crippen LogP contribution in [0.2, 0.25) is 0 Å². The summed E-state index contributed by atoms with van der Waals surface area (Å²) in [6, 6.07) is 0. The maximum Gasteiger partial charge on any atom is 0.451 e. The molecule has 0 amide bonds. The monoisotopic (exact) mass is 199 g/mol. The third-order valence-electron chi connectivity index (χ3n) is 1.26. The molecular formula is C4H5F3N3OP. The molecule has 0 fully saturated rings. The first kappa shape index (κ1) is 9.25. The fourth-order valence-corrected chi connectivity index (χ4v) is 0.986. The zero-order valence-corrected chi connectivity index (χ0v) is 7.12. The number of nitrogens with zero attached hydrogens (tertiary/aromatic N) is 3. The number of aromatic nitrogens is 3. The molecule has 68 valence electrons. The van der Waals surface area contributed by atoms with Crippen LogP contribution in [-0.2, 0) is 13.2 Å². The third-order valence-corrected chi connectivity index (χ3v) is 1.59. The van der Waals surface area contributed by atoms with Gasteiger partial charge in [0.05, 0.1) is 0 Å². The molecule has 0 aliphatic rings. The van der Waals surface area contributed by atoms with Crippen molar-refractivity contribution in [1.29, 1.82) is 0 Å². The summed E-state index contributed by atoms with van der Waals surface area (Å²) in [6.07, 6.45) is -4.59. The Bertz CT molecular complexity index is 351. The van der Waals surface area contributed by atoms with E-state index in [1.807, 2.05) is 0 Å². The lowest BCUT2D eigenvalue weighted by Crippen LogP contribution is -2.21. The second kappa shape index (κ2) is 2.58. The van der Waals surface area contributed by atoms with Crippen molar-refractivity contribution in [3.8, 4) is 0 Å². The summed E-state index contributed by atoms with van der Waals surface area (Å²) in [5.41, 5.74) is -0.827. The summed E-state index contributed by atoms with van der Waals surface area (Å²) in [4.78, 5) is 10.8. The highest BCUT2D eigenvalue weighted by atomic mass is 31.0. The van der Waals surface area contributed by atoms with Crippen LogP contribution >= 0.6 is 9.39 Å². The second-order valence-corrected chi connectivity index (χ2v) is 2.60. The number of rotatable bonds is 0. The molecule has 0 spiro atoms. The first-order valence-corrected chi connectivity index (χ1v) is 3.34. The fourth-order valence-electron chi connectivity index (χ4n) is 0.703. The third kappa shape index (κ3) is 1.36. The van der Waals surface area contributed by atoms with Gasteiger partial charge in [0.15, 0.2) is 0 Å². The van der Waals surface area contributed by atoms with E-state index in [2.05, 4.69) is 5.10 Å². The zero-order chi connectivity index (χ0) is 9.52. The van der Waals surface area contributed by atoms with Gasteiger partial charge in [0.2, 0.25) is 5.82 Å². The Labute approximate surface area is 67.2 Å². The molecule has 4 nitrogen and oxygen atoms in total. The normalized spacial score (nSPS) is 12.1. The maximum absolute atomic E-state index is 12.0. The standard InChI is InChI=1S/C4H5F3N3OP/c1-9-2(4(5,6)7)8-10(12)3(9)11/h12H2,1H3. The summed E-state index contributed by atoms with van der Waals surface area (Å²) in [6.45, 7) is 0. The van der Waals surface area contributed by atoms with Crippen molar-refractivity contribution in [2.24, 2.45) is 7.05 Å². The van der Waals surface area contributed by atoms with Crippen LogP contribution in [0.5, 0.6) is 0 Å². The molecule has 0 radical (unpaired) electrons. The van der Waals surface area contributed by atoms with E-state index in [0.717, 1.165) is 7.05 Å². The van der Waals surface area contributed by atoms with Crippen molar-refractivity contribution < 1.29 is 13.2 Å². The molecule has 0 bridgehead atoms. The van der Waals surface area contributed by atoms with Crippen molar-refractivity contribution in [3.05, 3.63) is 16.3 Å². The van der Waals surface area contributed by atoms with Crippen LogP contribution in [0.25, 0.3) is 0 Å². The van der Waals surface area contributed by atoms with Crippen LogP contribution in [0.15, 0.2) is 4.79 Å². The molecule has 1 aromatic heterocycles. The Balaban J connectivity index is 3.38. The van der Waals surface area contributed by atoms with Crippen molar-refractivity contribution in [2.75, 3.05) is 0 Å². The molecule has 0 saturated heterocycles. The van der Waals surface area contributed by atoms with Gasteiger partial charge >= 0.3 is 11.9 Å². The van der Waals surface area contributed by atoms with Gasteiger partial charge in [0, 0.05) is 7.05 Å². The minimum absolute atomic E-state index is 0.438. The van der Waals surface area contributed by atoms with E-state index in [1.165, 1.54) is 0 Å². The molecule has 0 aromatic carbocycles. The van der Waals surface area contributed by atoms with Gasteiger partial charge in [-0.2, -0.15) is 17.6 Å². The van der Waals surface area contributed by atoms with Gasteiger partial charge in [-0.15, -0.1) is 5.10 Å². The van der Waals surface area contributed by atoms with Gasteiger partial charge in [-0.1, -0.05) is 0 Å². The molecule has 1 heterocycles. The van der Waals surface area contributed by atoms with Crippen LogP contribution in [0.4, 0.5) is 13.2 Å². The minimum Gasteiger partial charge on any atom is -0.274 e. The number of halogens is 3. The second-order valence-electron chi connectivity index (χ2n) is 2.11. The summed E-state index contributed by atoms with van der Waals surface area (Å²) in [5, 5.41) is 2.99. The molecule has 0 saturated carbocycles. The lowest BCUT2D eigenvalue weighted by molar-refractivity contribution is -0.147. The van der Waals surface area contributed by atoms with Crippen molar-refractivity contribution in [2.45, 2.75) is 6.18 Å². The molecule has 1 rings (SSSR count). The van der Waals surface area contributed by atoms with Crippen LogP contribution in [0, 0.1) is 0 Å². The van der Waals surface area contributed by atoms with Gasteiger partial charge in [-0.25, -0.2) is 4.79 Å². The van der Waals surface area contributed by atoms with Crippen LogP contribution < -0.4 is 5.69 Å². The number of hydrogen-bond donors (Lipinski definition) is 0. The highest BCUT2D eigenvalue weighted by molar-refractivity contribution is 7.14. The highest BCUT2D eigenvalue weighted by Crippen LogP contribution is 2.26. The summed E-state index contributed by atoms with van der Waals surface area (Å²) >= 11 is 0. The Morgan fingerprint density at radius 1 is 1.50 bits per heavy atom. The fraction of sp³-hybridized carbons (Fsp3) is 0.500. The van der Waals surface area contributed by atoms with Gasteiger partial charge in [0.25, 0.3) is 0 Å². The van der Waals surface area contributed by atoms with Crippen LogP contribution in [-0.4, -0.2) is 14.1 Å². The SMILES string of the molecule is Cn1c(C(F)(F)F)nn(P)c1=O. The predicted molar refractivity (Wildman–Crippen MR) is 37.6 cm³/mol. The van der Waals surface area contributed by atoms with Crippen LogP contribution in [0.1, 0.15) is 5.82 Å². The first-order valence-electron chi connectivity index (χ1n) is 2.82. The molecule has 0 N–H and O–H groups in total. The van der Waals surface area contributed by atoms with Crippen molar-refractivity contribution in [3.63, 3.8) is 0 Å². The summed E-state index contributed by atoms with van der Waals surface area (Å²) in [7, 11) is 2.78. The molecule has 0 aliphatic carbocycles. The largest absolute Gasteiger partial charge is 0.451 e. The molecule has 1 unspecified atom stereocenters. The van der Waals surface area contributed by atoms with E-state index >= 15 is 0 Å². The minimum atomic E-state index is -4.59. The average Bonchev–Trinajstić information content (AvgIpc) is 2.15. The lowest BCUT2D eigenvalue weighted by atomic mass is 10.6. The Morgan fingerprint density at radius 3 is 2.17 bits per heavy atom. The van der Waals surface area contributed by atoms with Crippen molar-refractivity contribution >= 4 is 9.39 Å². The zero-order valence-electron chi connectivity index (χ0n) is 5.96. The molecule has 8 heteroatoms. The van der Waals surface area contributed by atoms with E-state index < -0.39 is 17.7 Å². The van der Waals surface area contributed by atoms with Gasteiger partial charge in [-0.3, -0.25) is 4.57 Å². The van der Waals surface area contributed by atoms with Crippen molar-refractivity contribution in [1.82, 2.24) is 14.1 Å². The van der Waals surface area contributed by atoms with Gasteiger partial charge < -0.3 is 0 Å². The van der Waals surface area contributed by atoms with E-state index in [-0.39, 0.29) is 0 Å². The van der Waals surface area contributed by atoms with Gasteiger partial charge in [0.1, 0.15) is 0 Å². The Kier molecular flexibility index (Phi) is 1.99.